The average Bonchev–Trinajstić information content (AvgIpc) is 2.32. The van der Waals surface area contributed by atoms with Gasteiger partial charge in [-0.25, -0.2) is 0 Å². The highest BCUT2D eigenvalue weighted by molar-refractivity contribution is 5.78. The Morgan fingerprint density at radius 1 is 1.28 bits per heavy atom. The lowest BCUT2D eigenvalue weighted by atomic mass is 9.66. The van der Waals surface area contributed by atoms with Crippen molar-refractivity contribution in [3.8, 4) is 0 Å². The molecule has 0 spiro atoms. The highest BCUT2D eigenvalue weighted by Crippen LogP contribution is 2.43. The van der Waals surface area contributed by atoms with Gasteiger partial charge < -0.3 is 15.2 Å². The molecule has 1 heterocycles. The third-order valence-electron chi connectivity index (χ3n) is 4.17. The molecule has 0 bridgehead atoms. The van der Waals surface area contributed by atoms with E-state index in [4.69, 9.17) is 9.84 Å². The Kier molecular flexibility index (Phi) is 4.22. The molecule has 102 valence electrons. The maximum Gasteiger partial charge on any atom is 0.303 e. The number of aliphatic carboxylic acids is 1. The highest BCUT2D eigenvalue weighted by atomic mass is 16.5. The van der Waals surface area contributed by atoms with Gasteiger partial charge in [0, 0.05) is 25.7 Å². The summed E-state index contributed by atoms with van der Waals surface area (Å²) in [5.74, 6) is -0.661. The molecule has 1 aliphatic carbocycles. The lowest BCUT2D eigenvalue weighted by Gasteiger charge is -2.41. The van der Waals surface area contributed by atoms with Crippen molar-refractivity contribution < 1.29 is 19.4 Å². The van der Waals surface area contributed by atoms with Gasteiger partial charge in [-0.3, -0.25) is 9.59 Å². The van der Waals surface area contributed by atoms with Gasteiger partial charge in [0.1, 0.15) is 0 Å². The second kappa shape index (κ2) is 5.69. The maximum absolute atomic E-state index is 12.0. The largest absolute Gasteiger partial charge is 0.481 e. The molecule has 18 heavy (non-hydrogen) atoms. The molecular formula is C13H21NO4. The second-order valence-electron chi connectivity index (χ2n) is 5.53. The van der Waals surface area contributed by atoms with Crippen LogP contribution in [0.4, 0.5) is 0 Å². The lowest BCUT2D eigenvalue weighted by molar-refractivity contribution is -0.142. The molecule has 1 amide bonds. The van der Waals surface area contributed by atoms with Gasteiger partial charge in [-0.15, -0.1) is 0 Å². The van der Waals surface area contributed by atoms with Crippen LogP contribution in [-0.4, -0.2) is 36.7 Å². The van der Waals surface area contributed by atoms with E-state index in [-0.39, 0.29) is 23.7 Å². The molecule has 2 rings (SSSR count). The van der Waals surface area contributed by atoms with E-state index in [0.29, 0.717) is 19.8 Å². The predicted molar refractivity (Wildman–Crippen MR) is 65.1 cm³/mol. The number of amides is 1. The highest BCUT2D eigenvalue weighted by Gasteiger charge is 2.39. The van der Waals surface area contributed by atoms with Crippen molar-refractivity contribution in [3.63, 3.8) is 0 Å². The zero-order chi connectivity index (χ0) is 13.0. The van der Waals surface area contributed by atoms with Crippen LogP contribution in [0.25, 0.3) is 0 Å². The molecule has 0 radical (unpaired) electrons. The Balaban J connectivity index is 1.78. The molecule has 0 atom stereocenters. The van der Waals surface area contributed by atoms with Gasteiger partial charge in [0.2, 0.25) is 5.91 Å². The van der Waals surface area contributed by atoms with Gasteiger partial charge in [0.15, 0.2) is 0 Å². The van der Waals surface area contributed by atoms with Crippen molar-refractivity contribution in [1.82, 2.24) is 5.32 Å². The van der Waals surface area contributed by atoms with Crippen molar-refractivity contribution >= 4 is 11.9 Å². The Labute approximate surface area is 107 Å². The Morgan fingerprint density at radius 3 is 2.44 bits per heavy atom. The standard InChI is InChI=1S/C13H21NO4/c15-11(16)8-13(4-1-5-13)9-14-12(17)10-2-6-18-7-3-10/h10H,1-9H2,(H,14,17)(H,15,16). The van der Waals surface area contributed by atoms with Crippen LogP contribution in [0.1, 0.15) is 38.5 Å². The fraction of sp³-hybridized carbons (Fsp3) is 0.846. The molecule has 0 aromatic heterocycles. The lowest BCUT2D eigenvalue weighted by Crippen LogP contribution is -2.45. The first kappa shape index (κ1) is 13.3. The molecule has 0 unspecified atom stereocenters. The van der Waals surface area contributed by atoms with Crippen LogP contribution in [0, 0.1) is 11.3 Å². The molecule has 1 saturated carbocycles. The summed E-state index contributed by atoms with van der Waals surface area (Å²) in [6.45, 7) is 1.81. The fourth-order valence-corrected chi connectivity index (χ4v) is 2.79. The van der Waals surface area contributed by atoms with Crippen molar-refractivity contribution in [2.45, 2.75) is 38.5 Å². The molecule has 0 aromatic rings. The number of hydrogen-bond donors (Lipinski definition) is 2. The van der Waals surface area contributed by atoms with Gasteiger partial charge >= 0.3 is 5.97 Å². The summed E-state index contributed by atoms with van der Waals surface area (Å²) in [5.41, 5.74) is -0.188. The van der Waals surface area contributed by atoms with Gasteiger partial charge in [0.25, 0.3) is 0 Å². The first-order chi connectivity index (χ1) is 8.61. The topological polar surface area (TPSA) is 75.6 Å². The Bertz CT molecular complexity index is 319. The maximum atomic E-state index is 12.0. The number of nitrogens with one attached hydrogen (secondary N) is 1. The van der Waals surface area contributed by atoms with E-state index in [9.17, 15) is 9.59 Å². The van der Waals surface area contributed by atoms with Crippen LogP contribution >= 0.6 is 0 Å². The first-order valence-corrected chi connectivity index (χ1v) is 6.69. The third kappa shape index (κ3) is 3.22. The molecule has 5 heteroatoms. The Morgan fingerprint density at radius 2 is 1.94 bits per heavy atom. The number of carboxylic acid groups (broad SMARTS) is 1. The normalized spacial score (nSPS) is 23.1. The number of carbonyl (C=O) groups is 2. The van der Waals surface area contributed by atoms with E-state index in [1.54, 1.807) is 0 Å². The summed E-state index contributed by atoms with van der Waals surface area (Å²) in [6.07, 6.45) is 4.61. The quantitative estimate of drug-likeness (QED) is 0.773. The van der Waals surface area contributed by atoms with Crippen molar-refractivity contribution in [3.05, 3.63) is 0 Å². The van der Waals surface area contributed by atoms with Crippen molar-refractivity contribution in [2.24, 2.45) is 11.3 Å². The van der Waals surface area contributed by atoms with Crippen molar-refractivity contribution in [1.29, 1.82) is 0 Å². The molecular weight excluding hydrogens is 234 g/mol. The van der Waals surface area contributed by atoms with Gasteiger partial charge in [-0.2, -0.15) is 0 Å². The number of ether oxygens (including phenoxy) is 1. The molecule has 2 N–H and O–H groups in total. The number of hydrogen-bond acceptors (Lipinski definition) is 3. The van der Waals surface area contributed by atoms with Crippen LogP contribution in [0.2, 0.25) is 0 Å². The molecule has 5 nitrogen and oxygen atoms in total. The van der Waals surface area contributed by atoms with E-state index < -0.39 is 5.97 Å². The first-order valence-electron chi connectivity index (χ1n) is 6.69. The van der Waals surface area contributed by atoms with Crippen LogP contribution in [0.15, 0.2) is 0 Å². The summed E-state index contributed by atoms with van der Waals surface area (Å²) >= 11 is 0. The number of carbonyl (C=O) groups excluding carboxylic acids is 1. The minimum absolute atomic E-state index is 0.0423. The summed E-state index contributed by atoms with van der Waals surface area (Å²) in [4.78, 5) is 22.8. The molecule has 2 fully saturated rings. The van der Waals surface area contributed by atoms with E-state index in [2.05, 4.69) is 5.32 Å². The third-order valence-corrected chi connectivity index (χ3v) is 4.17. The van der Waals surface area contributed by atoms with E-state index in [1.807, 2.05) is 0 Å². The predicted octanol–water partition coefficient (Wildman–Crippen LogP) is 1.17. The van der Waals surface area contributed by atoms with Gasteiger partial charge in [0.05, 0.1) is 6.42 Å². The average molecular weight is 255 g/mol. The fourth-order valence-electron chi connectivity index (χ4n) is 2.79. The summed E-state index contributed by atoms with van der Waals surface area (Å²) in [5, 5.41) is 11.8. The molecule has 2 aliphatic rings. The summed E-state index contributed by atoms with van der Waals surface area (Å²) in [7, 11) is 0. The smallest absolute Gasteiger partial charge is 0.303 e. The van der Waals surface area contributed by atoms with Crippen LogP contribution in [0.3, 0.4) is 0 Å². The van der Waals surface area contributed by atoms with Crippen LogP contribution < -0.4 is 5.32 Å². The summed E-state index contributed by atoms with van der Waals surface area (Å²) < 4.78 is 5.22. The SMILES string of the molecule is O=C(O)CC1(CNC(=O)C2CCOCC2)CCC1. The zero-order valence-corrected chi connectivity index (χ0v) is 10.6. The monoisotopic (exact) mass is 255 g/mol. The molecule has 1 aliphatic heterocycles. The van der Waals surface area contributed by atoms with Crippen LogP contribution in [-0.2, 0) is 14.3 Å². The zero-order valence-electron chi connectivity index (χ0n) is 10.6. The van der Waals surface area contributed by atoms with Crippen LogP contribution in [0.5, 0.6) is 0 Å². The molecule has 0 aromatic carbocycles. The van der Waals surface area contributed by atoms with E-state index in [1.165, 1.54) is 0 Å². The van der Waals surface area contributed by atoms with E-state index >= 15 is 0 Å². The minimum Gasteiger partial charge on any atom is -0.481 e. The second-order valence-corrected chi connectivity index (χ2v) is 5.53. The van der Waals surface area contributed by atoms with Gasteiger partial charge in [-0.1, -0.05) is 6.42 Å². The Hall–Kier alpha value is -1.10. The number of carboxylic acids is 1. The van der Waals surface area contributed by atoms with Crippen molar-refractivity contribution in [2.75, 3.05) is 19.8 Å². The number of rotatable bonds is 5. The minimum atomic E-state index is -0.769. The molecule has 1 saturated heterocycles. The summed E-state index contributed by atoms with van der Waals surface area (Å²) in [6, 6.07) is 0. The van der Waals surface area contributed by atoms with Gasteiger partial charge in [-0.05, 0) is 31.1 Å². The van der Waals surface area contributed by atoms with E-state index in [0.717, 1.165) is 32.1 Å².